The molecule has 0 radical (unpaired) electrons. The quantitative estimate of drug-likeness (QED) is 0.448. The van der Waals surface area contributed by atoms with Crippen LogP contribution in [-0.2, 0) is 16.0 Å². The number of carbonyl (C=O) groups is 3. The van der Waals surface area contributed by atoms with Crippen LogP contribution in [0.4, 0.5) is 4.79 Å². The van der Waals surface area contributed by atoms with Gasteiger partial charge < -0.3 is 25.8 Å². The number of piperidine rings is 1. The minimum atomic E-state index is -0.699. The van der Waals surface area contributed by atoms with Crippen LogP contribution < -0.4 is 16.0 Å². The van der Waals surface area contributed by atoms with Crippen molar-refractivity contribution in [3.63, 3.8) is 0 Å². The first-order chi connectivity index (χ1) is 19.4. The zero-order chi connectivity index (χ0) is 29.8. The molecule has 8 nitrogen and oxygen atoms in total. The maximum atomic E-state index is 14.1. The minimum Gasteiger partial charge on any atom is -0.351 e. The van der Waals surface area contributed by atoms with Gasteiger partial charge in [-0.3, -0.25) is 9.59 Å². The third-order valence-corrected chi connectivity index (χ3v) is 9.34. The van der Waals surface area contributed by atoms with Gasteiger partial charge in [0.05, 0.1) is 5.41 Å². The van der Waals surface area contributed by atoms with Gasteiger partial charge in [-0.2, -0.15) is 0 Å². The largest absolute Gasteiger partial charge is 0.351 e. The molecule has 9 heteroatoms. The molecule has 2 unspecified atom stereocenters. The van der Waals surface area contributed by atoms with Crippen molar-refractivity contribution in [2.75, 3.05) is 26.2 Å². The summed E-state index contributed by atoms with van der Waals surface area (Å²) >= 11 is 6.11. The molecular formula is C32H50ClN5O3. The lowest BCUT2D eigenvalue weighted by Crippen LogP contribution is -2.61. The van der Waals surface area contributed by atoms with Gasteiger partial charge >= 0.3 is 6.03 Å². The number of rotatable bonds is 6. The fourth-order valence-corrected chi connectivity index (χ4v) is 7.20. The Balaban J connectivity index is 1.50. The number of urea groups is 1. The van der Waals surface area contributed by atoms with Crippen molar-refractivity contribution >= 4 is 29.4 Å². The van der Waals surface area contributed by atoms with Gasteiger partial charge in [-0.25, -0.2) is 4.79 Å². The Morgan fingerprint density at radius 1 is 0.976 bits per heavy atom. The van der Waals surface area contributed by atoms with E-state index >= 15 is 0 Å². The van der Waals surface area contributed by atoms with Crippen molar-refractivity contribution in [2.24, 2.45) is 11.3 Å². The molecule has 228 valence electrons. The van der Waals surface area contributed by atoms with E-state index in [9.17, 15) is 14.4 Å². The molecule has 41 heavy (non-hydrogen) atoms. The first kappa shape index (κ1) is 31.6. The van der Waals surface area contributed by atoms with Crippen LogP contribution in [0.1, 0.15) is 85.1 Å². The number of nitrogens with zero attached hydrogens (tertiary/aromatic N) is 2. The molecule has 4 rings (SSSR count). The lowest BCUT2D eigenvalue weighted by Gasteiger charge is -2.48. The van der Waals surface area contributed by atoms with Crippen LogP contribution in [0.2, 0.25) is 5.02 Å². The lowest BCUT2D eigenvalue weighted by atomic mass is 9.63. The van der Waals surface area contributed by atoms with Gasteiger partial charge in [0, 0.05) is 55.2 Å². The van der Waals surface area contributed by atoms with Crippen LogP contribution in [0.25, 0.3) is 0 Å². The fraction of sp³-hybridized carbons (Fsp3) is 0.719. The number of amides is 4. The second-order valence-corrected chi connectivity index (χ2v) is 14.2. The highest BCUT2D eigenvalue weighted by Crippen LogP contribution is 2.46. The topological polar surface area (TPSA) is 93.8 Å². The second-order valence-electron chi connectivity index (χ2n) is 13.7. The molecule has 2 saturated heterocycles. The Kier molecular flexibility index (Phi) is 10.3. The molecule has 4 amide bonds. The van der Waals surface area contributed by atoms with E-state index in [1.54, 1.807) is 4.90 Å². The summed E-state index contributed by atoms with van der Waals surface area (Å²) in [5, 5.41) is 10.4. The predicted octanol–water partition coefficient (Wildman–Crippen LogP) is 4.75. The molecule has 2 heterocycles. The van der Waals surface area contributed by atoms with E-state index in [1.165, 1.54) is 6.42 Å². The Morgan fingerprint density at radius 3 is 2.12 bits per heavy atom. The SMILES string of the molecule is CC1CN(C(=O)N[C@H](Cc2ccc(Cl)cc2)C(=O)N2CCC(C(=O)NC(C)(C)C)(C3CCCCC3)CC2)CC(C)N1. The number of carbonyl (C=O) groups excluding carboxylic acids is 3. The molecule has 2 aliphatic heterocycles. The summed E-state index contributed by atoms with van der Waals surface area (Å²) in [6.07, 6.45) is 7.39. The number of halogens is 1. The molecule has 0 spiro atoms. The fourth-order valence-electron chi connectivity index (χ4n) is 7.08. The average molecular weight is 588 g/mol. The summed E-state index contributed by atoms with van der Waals surface area (Å²) in [6.45, 7) is 12.4. The van der Waals surface area contributed by atoms with Gasteiger partial charge in [0.1, 0.15) is 6.04 Å². The van der Waals surface area contributed by atoms with Crippen LogP contribution in [0.15, 0.2) is 24.3 Å². The van der Waals surface area contributed by atoms with E-state index in [-0.39, 0.29) is 35.5 Å². The number of hydrogen-bond acceptors (Lipinski definition) is 4. The first-order valence-corrected chi connectivity index (χ1v) is 15.9. The van der Waals surface area contributed by atoms with E-state index in [0.717, 1.165) is 31.2 Å². The first-order valence-electron chi connectivity index (χ1n) is 15.5. The third kappa shape index (κ3) is 8.16. The molecule has 3 fully saturated rings. The van der Waals surface area contributed by atoms with Crippen LogP contribution in [0.5, 0.6) is 0 Å². The predicted molar refractivity (Wildman–Crippen MR) is 164 cm³/mol. The van der Waals surface area contributed by atoms with Gasteiger partial charge in [0.15, 0.2) is 0 Å². The standard InChI is InChI=1S/C32H50ClN5O3/c1-22-20-38(21-23(2)34-22)30(41)35-27(19-24-11-13-26(33)14-12-24)28(39)37-17-15-32(16-18-37,25-9-7-6-8-10-25)29(40)36-31(3,4)5/h11-14,22-23,25,27,34H,6-10,15-21H2,1-5H3,(H,35,41)(H,36,40)/t22?,23?,27-/m1/s1. The molecule has 0 aromatic heterocycles. The Hall–Kier alpha value is -2.32. The molecule has 1 aliphatic carbocycles. The monoisotopic (exact) mass is 587 g/mol. The van der Waals surface area contributed by atoms with Crippen LogP contribution in [0.3, 0.4) is 0 Å². The summed E-state index contributed by atoms with van der Waals surface area (Å²) in [5.74, 6) is 0.395. The van der Waals surface area contributed by atoms with E-state index in [2.05, 4.69) is 29.8 Å². The van der Waals surface area contributed by atoms with Gasteiger partial charge in [-0.1, -0.05) is 43.0 Å². The maximum absolute atomic E-state index is 14.1. The van der Waals surface area contributed by atoms with Crippen molar-refractivity contribution in [1.29, 1.82) is 0 Å². The highest BCUT2D eigenvalue weighted by atomic mass is 35.5. The number of hydrogen-bond donors (Lipinski definition) is 3. The van der Waals surface area contributed by atoms with Crippen LogP contribution in [-0.4, -0.2) is 77.5 Å². The summed E-state index contributed by atoms with van der Waals surface area (Å²) in [4.78, 5) is 44.9. The second kappa shape index (κ2) is 13.3. The molecule has 1 saturated carbocycles. The van der Waals surface area contributed by atoms with E-state index < -0.39 is 11.5 Å². The number of benzene rings is 1. The van der Waals surface area contributed by atoms with Gasteiger partial charge in [-0.15, -0.1) is 0 Å². The number of likely N-dealkylation sites (tertiary alicyclic amines) is 1. The molecule has 1 aromatic rings. The van der Waals surface area contributed by atoms with E-state index in [1.807, 2.05) is 49.9 Å². The Labute approximate surface area is 251 Å². The Morgan fingerprint density at radius 2 is 1.56 bits per heavy atom. The average Bonchev–Trinajstić information content (AvgIpc) is 2.92. The van der Waals surface area contributed by atoms with Crippen LogP contribution >= 0.6 is 11.6 Å². The summed E-state index contributed by atoms with van der Waals surface area (Å²) in [7, 11) is 0. The Bertz CT molecular complexity index is 1050. The van der Waals surface area contributed by atoms with E-state index in [4.69, 9.17) is 11.6 Å². The number of piperazine rings is 1. The smallest absolute Gasteiger partial charge is 0.318 e. The normalized spacial score (nSPS) is 24.4. The van der Waals surface area contributed by atoms with Crippen molar-refractivity contribution in [3.05, 3.63) is 34.9 Å². The van der Waals surface area contributed by atoms with Crippen molar-refractivity contribution in [3.8, 4) is 0 Å². The van der Waals surface area contributed by atoms with Gasteiger partial charge in [-0.05, 0) is 83.9 Å². The van der Waals surface area contributed by atoms with Crippen molar-refractivity contribution in [2.45, 2.75) is 110 Å². The van der Waals surface area contributed by atoms with Gasteiger partial charge in [0.25, 0.3) is 0 Å². The minimum absolute atomic E-state index is 0.0852. The molecule has 3 aliphatic rings. The highest BCUT2D eigenvalue weighted by Gasteiger charge is 2.49. The molecule has 0 bridgehead atoms. The summed E-state index contributed by atoms with van der Waals surface area (Å²) in [5.41, 5.74) is 0.179. The van der Waals surface area contributed by atoms with Crippen molar-refractivity contribution in [1.82, 2.24) is 25.8 Å². The van der Waals surface area contributed by atoms with E-state index in [0.29, 0.717) is 56.4 Å². The highest BCUT2D eigenvalue weighted by molar-refractivity contribution is 6.30. The summed E-state index contributed by atoms with van der Waals surface area (Å²) in [6, 6.07) is 6.90. The zero-order valence-electron chi connectivity index (χ0n) is 25.6. The molecule has 3 atom stereocenters. The zero-order valence-corrected chi connectivity index (χ0v) is 26.4. The number of nitrogens with one attached hydrogen (secondary N) is 3. The van der Waals surface area contributed by atoms with Crippen molar-refractivity contribution < 1.29 is 14.4 Å². The lowest BCUT2D eigenvalue weighted by molar-refractivity contribution is -0.147. The molecule has 3 N–H and O–H groups in total. The molecule has 1 aromatic carbocycles. The molecular weight excluding hydrogens is 538 g/mol. The van der Waals surface area contributed by atoms with Crippen LogP contribution in [0, 0.1) is 11.3 Å². The maximum Gasteiger partial charge on any atom is 0.318 e. The third-order valence-electron chi connectivity index (χ3n) is 9.09. The summed E-state index contributed by atoms with van der Waals surface area (Å²) < 4.78 is 0. The van der Waals surface area contributed by atoms with Gasteiger partial charge in [0.2, 0.25) is 11.8 Å².